The number of hydrogen-bond donors (Lipinski definition) is 2. The molecule has 2 aromatic heterocycles. The van der Waals surface area contributed by atoms with Gasteiger partial charge >= 0.3 is 0 Å². The number of carbonyl (C=O) groups is 2. The summed E-state index contributed by atoms with van der Waals surface area (Å²) in [5, 5.41) is 2.96. The molecule has 0 fully saturated rings. The standard InChI is InChI=1S/C13H19N7O2/c1-9(21)5-19(4-3-15-2)10(22)6-20-8-18-11-12(14)16-7-17-13(11)20/h7-8,15H,3-6H2,1-2H3,(H2,14,16,17). The minimum absolute atomic E-state index is 0.0456. The van der Waals surface area contributed by atoms with Crippen LogP contribution < -0.4 is 11.1 Å². The van der Waals surface area contributed by atoms with Crippen LogP contribution in [0.3, 0.4) is 0 Å². The van der Waals surface area contributed by atoms with Gasteiger partial charge in [0.15, 0.2) is 11.5 Å². The van der Waals surface area contributed by atoms with Crippen molar-refractivity contribution in [2.24, 2.45) is 0 Å². The summed E-state index contributed by atoms with van der Waals surface area (Å²) in [6, 6.07) is 0. The number of ketones is 1. The lowest BCUT2D eigenvalue weighted by Crippen LogP contribution is -2.40. The Labute approximate surface area is 127 Å². The lowest BCUT2D eigenvalue weighted by Gasteiger charge is -2.21. The van der Waals surface area contributed by atoms with Gasteiger partial charge in [-0.1, -0.05) is 0 Å². The zero-order chi connectivity index (χ0) is 16.1. The van der Waals surface area contributed by atoms with E-state index in [-0.39, 0.29) is 30.6 Å². The van der Waals surface area contributed by atoms with Crippen LogP contribution in [0.15, 0.2) is 12.7 Å². The predicted octanol–water partition coefficient (Wildman–Crippen LogP) is -0.954. The molecule has 3 N–H and O–H groups in total. The third-order valence-electron chi connectivity index (χ3n) is 3.13. The SMILES string of the molecule is CNCCN(CC(C)=O)C(=O)Cn1cnc2c(N)ncnc21. The molecule has 0 bridgehead atoms. The first-order chi connectivity index (χ1) is 10.5. The molecular weight excluding hydrogens is 286 g/mol. The summed E-state index contributed by atoms with van der Waals surface area (Å²) in [6.07, 6.45) is 2.83. The van der Waals surface area contributed by atoms with Gasteiger partial charge in [0.25, 0.3) is 0 Å². The molecule has 0 saturated carbocycles. The number of nitrogen functional groups attached to an aromatic ring is 1. The zero-order valence-corrected chi connectivity index (χ0v) is 12.6. The molecule has 0 aliphatic heterocycles. The van der Waals surface area contributed by atoms with Crippen molar-refractivity contribution in [2.75, 3.05) is 32.4 Å². The van der Waals surface area contributed by atoms with E-state index in [9.17, 15) is 9.59 Å². The van der Waals surface area contributed by atoms with Crippen molar-refractivity contribution in [3.05, 3.63) is 12.7 Å². The lowest BCUT2D eigenvalue weighted by molar-refractivity contribution is -0.135. The molecule has 9 heteroatoms. The van der Waals surface area contributed by atoms with Crippen LogP contribution in [-0.2, 0) is 16.1 Å². The molecular formula is C13H19N7O2. The van der Waals surface area contributed by atoms with Gasteiger partial charge in [-0.2, -0.15) is 0 Å². The number of anilines is 1. The number of amides is 1. The highest BCUT2D eigenvalue weighted by Crippen LogP contribution is 2.14. The maximum absolute atomic E-state index is 12.4. The van der Waals surface area contributed by atoms with Gasteiger partial charge in [0.1, 0.15) is 24.2 Å². The number of hydrogen-bond acceptors (Lipinski definition) is 7. The molecule has 1 amide bonds. The van der Waals surface area contributed by atoms with Crippen LogP contribution in [0.5, 0.6) is 0 Å². The average molecular weight is 305 g/mol. The van der Waals surface area contributed by atoms with Crippen molar-refractivity contribution in [1.29, 1.82) is 0 Å². The number of nitrogens with one attached hydrogen (secondary N) is 1. The Kier molecular flexibility index (Phi) is 4.99. The van der Waals surface area contributed by atoms with Gasteiger partial charge in [-0.25, -0.2) is 15.0 Å². The van der Waals surface area contributed by atoms with Crippen molar-refractivity contribution in [1.82, 2.24) is 29.7 Å². The number of likely N-dealkylation sites (N-methyl/N-ethyl adjacent to an activating group) is 1. The van der Waals surface area contributed by atoms with E-state index in [2.05, 4.69) is 20.3 Å². The third-order valence-corrected chi connectivity index (χ3v) is 3.13. The van der Waals surface area contributed by atoms with Crippen LogP contribution in [0.1, 0.15) is 6.92 Å². The molecule has 0 aromatic carbocycles. The fourth-order valence-corrected chi connectivity index (χ4v) is 2.07. The Hall–Kier alpha value is -2.55. The first-order valence-corrected chi connectivity index (χ1v) is 6.86. The smallest absolute Gasteiger partial charge is 0.243 e. The summed E-state index contributed by atoms with van der Waals surface area (Å²) in [5.74, 6) is 0.0282. The molecule has 2 aromatic rings. The number of imidazole rings is 1. The average Bonchev–Trinajstić information content (AvgIpc) is 2.87. The number of carbonyl (C=O) groups excluding carboxylic acids is 2. The third kappa shape index (κ3) is 3.55. The fraction of sp³-hybridized carbons (Fsp3) is 0.462. The molecule has 2 heterocycles. The topological polar surface area (TPSA) is 119 Å². The molecule has 118 valence electrons. The second kappa shape index (κ2) is 6.94. The molecule has 0 radical (unpaired) electrons. The Morgan fingerprint density at radius 1 is 1.36 bits per heavy atom. The van der Waals surface area contributed by atoms with E-state index in [1.165, 1.54) is 24.5 Å². The molecule has 0 aliphatic rings. The van der Waals surface area contributed by atoms with Gasteiger partial charge in [-0.15, -0.1) is 0 Å². The van der Waals surface area contributed by atoms with Crippen molar-refractivity contribution in [3.8, 4) is 0 Å². The van der Waals surface area contributed by atoms with E-state index in [4.69, 9.17) is 5.73 Å². The minimum Gasteiger partial charge on any atom is -0.382 e. The summed E-state index contributed by atoms with van der Waals surface area (Å²) < 4.78 is 1.60. The molecule has 0 atom stereocenters. The number of aromatic nitrogens is 4. The van der Waals surface area contributed by atoms with Crippen LogP contribution in [0.2, 0.25) is 0 Å². The Morgan fingerprint density at radius 3 is 2.82 bits per heavy atom. The van der Waals surface area contributed by atoms with E-state index in [0.29, 0.717) is 24.3 Å². The maximum Gasteiger partial charge on any atom is 0.243 e. The van der Waals surface area contributed by atoms with Gasteiger partial charge in [-0.3, -0.25) is 9.59 Å². The Bertz CT molecular complexity index is 682. The minimum atomic E-state index is -0.179. The number of Topliss-reactive ketones (excluding diaryl/α,β-unsaturated/α-hetero) is 1. The van der Waals surface area contributed by atoms with Crippen LogP contribution in [0.4, 0.5) is 5.82 Å². The summed E-state index contributed by atoms with van der Waals surface area (Å²) in [5.41, 5.74) is 6.68. The van der Waals surface area contributed by atoms with Crippen LogP contribution in [-0.4, -0.2) is 62.8 Å². The Balaban J connectivity index is 2.17. The molecule has 0 spiro atoms. The predicted molar refractivity (Wildman–Crippen MR) is 80.9 cm³/mol. The van der Waals surface area contributed by atoms with Crippen molar-refractivity contribution >= 4 is 28.7 Å². The summed E-state index contributed by atoms with van der Waals surface area (Å²) in [7, 11) is 1.79. The molecule has 22 heavy (non-hydrogen) atoms. The first kappa shape index (κ1) is 15.8. The van der Waals surface area contributed by atoms with E-state index >= 15 is 0 Å². The summed E-state index contributed by atoms with van der Waals surface area (Å²) >= 11 is 0. The van der Waals surface area contributed by atoms with E-state index in [1.807, 2.05) is 0 Å². The largest absolute Gasteiger partial charge is 0.382 e. The van der Waals surface area contributed by atoms with Gasteiger partial charge in [0.2, 0.25) is 5.91 Å². The van der Waals surface area contributed by atoms with Gasteiger partial charge in [0, 0.05) is 13.1 Å². The lowest BCUT2D eigenvalue weighted by atomic mass is 10.3. The first-order valence-electron chi connectivity index (χ1n) is 6.86. The van der Waals surface area contributed by atoms with Gasteiger partial charge < -0.3 is 20.5 Å². The second-order valence-corrected chi connectivity index (χ2v) is 4.92. The van der Waals surface area contributed by atoms with Crippen LogP contribution in [0.25, 0.3) is 11.2 Å². The van der Waals surface area contributed by atoms with E-state index < -0.39 is 0 Å². The monoisotopic (exact) mass is 305 g/mol. The van der Waals surface area contributed by atoms with Gasteiger partial charge in [0.05, 0.1) is 12.9 Å². The van der Waals surface area contributed by atoms with E-state index in [0.717, 1.165) is 0 Å². The van der Waals surface area contributed by atoms with Crippen molar-refractivity contribution in [3.63, 3.8) is 0 Å². The van der Waals surface area contributed by atoms with Crippen molar-refractivity contribution in [2.45, 2.75) is 13.5 Å². The highest BCUT2D eigenvalue weighted by Gasteiger charge is 2.17. The quantitative estimate of drug-likeness (QED) is 0.676. The van der Waals surface area contributed by atoms with E-state index in [1.54, 1.807) is 11.6 Å². The maximum atomic E-state index is 12.4. The highest BCUT2D eigenvalue weighted by molar-refractivity contribution is 5.86. The summed E-state index contributed by atoms with van der Waals surface area (Å²) in [4.78, 5) is 37.3. The number of fused-ring (bicyclic) bond motifs is 1. The molecule has 2 rings (SSSR count). The normalized spacial score (nSPS) is 10.8. The Morgan fingerprint density at radius 2 is 2.14 bits per heavy atom. The van der Waals surface area contributed by atoms with Crippen LogP contribution >= 0.6 is 0 Å². The van der Waals surface area contributed by atoms with Crippen LogP contribution in [0, 0.1) is 0 Å². The summed E-state index contributed by atoms with van der Waals surface area (Å²) in [6.45, 7) is 2.66. The molecule has 0 aliphatic carbocycles. The number of nitrogens with zero attached hydrogens (tertiary/aromatic N) is 5. The number of nitrogens with two attached hydrogens (primary N) is 1. The highest BCUT2D eigenvalue weighted by atomic mass is 16.2. The molecule has 0 unspecified atom stereocenters. The van der Waals surface area contributed by atoms with Gasteiger partial charge in [-0.05, 0) is 14.0 Å². The fourth-order valence-electron chi connectivity index (χ4n) is 2.07. The van der Waals surface area contributed by atoms with Crippen molar-refractivity contribution < 1.29 is 9.59 Å². The molecule has 0 saturated heterocycles. The number of rotatable bonds is 7. The second-order valence-electron chi connectivity index (χ2n) is 4.92. The molecule has 9 nitrogen and oxygen atoms in total. The zero-order valence-electron chi connectivity index (χ0n) is 12.6.